The first-order chi connectivity index (χ1) is 18.2. The van der Waals surface area contributed by atoms with E-state index in [1.54, 1.807) is 4.57 Å². The molecule has 9 heteroatoms. The summed E-state index contributed by atoms with van der Waals surface area (Å²) in [6.45, 7) is 7.76. The van der Waals surface area contributed by atoms with Crippen molar-refractivity contribution in [1.29, 1.82) is 0 Å². The largest absolute Gasteiger partial charge is 0.328 e. The summed E-state index contributed by atoms with van der Waals surface area (Å²) in [5.41, 5.74) is 2.18. The van der Waals surface area contributed by atoms with Crippen molar-refractivity contribution in [1.82, 2.24) is 23.7 Å². The van der Waals surface area contributed by atoms with E-state index in [9.17, 15) is 9.59 Å². The van der Waals surface area contributed by atoms with Crippen LogP contribution in [-0.4, -0.2) is 56.8 Å². The lowest BCUT2D eigenvalue weighted by Crippen LogP contribution is -2.42. The standard InChI is InChI=1S/C29H34BrN5O2S/c1-19(2)25(34(17-9-16-33(4)5)28(36)22-12-14-23(30)15-13-22)26-31-27-24(20(3)32-38-27)29(37)35(26)18-21-10-7-6-8-11-21/h6-8,10-15,19,25H,9,16-18H2,1-5H3/t25-/m1/s1. The molecule has 0 aliphatic carbocycles. The molecule has 0 saturated carbocycles. The summed E-state index contributed by atoms with van der Waals surface area (Å²) in [5, 5.41) is 0.551. The summed E-state index contributed by atoms with van der Waals surface area (Å²) in [5.74, 6) is 0.533. The fraction of sp³-hybridized carbons (Fsp3) is 0.379. The maximum atomic E-state index is 14.0. The van der Waals surface area contributed by atoms with Crippen LogP contribution in [0.1, 0.15) is 53.7 Å². The molecule has 2 heterocycles. The van der Waals surface area contributed by atoms with E-state index in [4.69, 9.17) is 4.98 Å². The molecule has 0 N–H and O–H groups in total. The minimum atomic E-state index is -0.406. The minimum Gasteiger partial charge on any atom is -0.328 e. The van der Waals surface area contributed by atoms with Gasteiger partial charge >= 0.3 is 0 Å². The van der Waals surface area contributed by atoms with Gasteiger partial charge in [-0.2, -0.15) is 4.37 Å². The van der Waals surface area contributed by atoms with E-state index in [0.29, 0.717) is 40.4 Å². The van der Waals surface area contributed by atoms with E-state index in [-0.39, 0.29) is 17.4 Å². The van der Waals surface area contributed by atoms with Gasteiger partial charge in [0.15, 0.2) is 4.83 Å². The third-order valence-corrected chi connectivity index (χ3v) is 7.93. The maximum Gasteiger partial charge on any atom is 0.264 e. The zero-order valence-corrected chi connectivity index (χ0v) is 24.9. The Hall–Kier alpha value is -2.88. The van der Waals surface area contributed by atoms with Crippen molar-refractivity contribution < 1.29 is 4.79 Å². The van der Waals surface area contributed by atoms with Gasteiger partial charge in [-0.3, -0.25) is 14.2 Å². The normalized spacial score (nSPS) is 12.4. The lowest BCUT2D eigenvalue weighted by molar-refractivity contribution is 0.0595. The van der Waals surface area contributed by atoms with E-state index in [1.165, 1.54) is 11.5 Å². The lowest BCUT2D eigenvalue weighted by Gasteiger charge is -2.35. The molecule has 4 rings (SSSR count). The van der Waals surface area contributed by atoms with Crippen LogP contribution in [0, 0.1) is 12.8 Å². The highest BCUT2D eigenvalue weighted by Crippen LogP contribution is 2.31. The second-order valence-electron chi connectivity index (χ2n) is 10.1. The average Bonchev–Trinajstić information content (AvgIpc) is 3.26. The number of aromatic nitrogens is 3. The quantitative estimate of drug-likeness (QED) is 0.233. The molecule has 0 aliphatic rings. The molecule has 0 aliphatic heterocycles. The van der Waals surface area contributed by atoms with Crippen molar-refractivity contribution in [2.45, 2.75) is 39.8 Å². The Morgan fingerprint density at radius 2 is 1.74 bits per heavy atom. The highest BCUT2D eigenvalue weighted by Gasteiger charge is 2.33. The second-order valence-corrected chi connectivity index (χ2v) is 11.8. The molecule has 0 spiro atoms. The third kappa shape index (κ3) is 6.22. The average molecular weight is 597 g/mol. The summed E-state index contributed by atoms with van der Waals surface area (Å²) >= 11 is 4.71. The van der Waals surface area contributed by atoms with Crippen molar-refractivity contribution in [2.75, 3.05) is 27.2 Å². The van der Waals surface area contributed by atoms with E-state index < -0.39 is 6.04 Å². The number of amides is 1. The van der Waals surface area contributed by atoms with Gasteiger partial charge in [-0.25, -0.2) is 4.98 Å². The van der Waals surface area contributed by atoms with Crippen LogP contribution in [0.3, 0.4) is 0 Å². The molecule has 200 valence electrons. The molecule has 2 aromatic heterocycles. The predicted octanol–water partition coefficient (Wildman–Crippen LogP) is 5.76. The SMILES string of the molecule is Cc1nsc2nc([C@@H](C(C)C)N(CCCN(C)C)C(=O)c3ccc(Br)cc3)n(Cc3ccccc3)c(=O)c12. The van der Waals surface area contributed by atoms with Gasteiger partial charge in [0, 0.05) is 16.6 Å². The van der Waals surface area contributed by atoms with Crippen LogP contribution < -0.4 is 5.56 Å². The van der Waals surface area contributed by atoms with Gasteiger partial charge < -0.3 is 9.80 Å². The van der Waals surface area contributed by atoms with Gasteiger partial charge in [-0.15, -0.1) is 0 Å². The van der Waals surface area contributed by atoms with Crippen LogP contribution in [0.2, 0.25) is 0 Å². The monoisotopic (exact) mass is 595 g/mol. The van der Waals surface area contributed by atoms with Crippen molar-refractivity contribution in [3.05, 3.63) is 92.1 Å². The van der Waals surface area contributed by atoms with E-state index in [1.807, 2.05) is 80.5 Å². The Morgan fingerprint density at radius 3 is 2.37 bits per heavy atom. The number of carbonyl (C=O) groups is 1. The Kier molecular flexibility index (Phi) is 9.12. The molecular formula is C29H34BrN5O2S. The van der Waals surface area contributed by atoms with Gasteiger partial charge in [0.2, 0.25) is 0 Å². The fourth-order valence-electron chi connectivity index (χ4n) is 4.71. The molecule has 4 aromatic rings. The molecule has 7 nitrogen and oxygen atoms in total. The Labute approximate surface area is 236 Å². The summed E-state index contributed by atoms with van der Waals surface area (Å²) in [7, 11) is 4.06. The van der Waals surface area contributed by atoms with Gasteiger partial charge in [-0.05, 0) is 81.3 Å². The van der Waals surface area contributed by atoms with Crippen LogP contribution in [-0.2, 0) is 6.54 Å². The molecule has 38 heavy (non-hydrogen) atoms. The number of aryl methyl sites for hydroxylation is 1. The number of carbonyl (C=O) groups excluding carboxylic acids is 1. The summed E-state index contributed by atoms with van der Waals surface area (Å²) < 4.78 is 7.09. The van der Waals surface area contributed by atoms with E-state index in [0.717, 1.165) is 23.0 Å². The van der Waals surface area contributed by atoms with Gasteiger partial charge in [-0.1, -0.05) is 60.1 Å². The first-order valence-corrected chi connectivity index (χ1v) is 14.4. The van der Waals surface area contributed by atoms with Crippen molar-refractivity contribution in [3.63, 3.8) is 0 Å². The number of benzene rings is 2. The van der Waals surface area contributed by atoms with E-state index in [2.05, 4.69) is 39.1 Å². The topological polar surface area (TPSA) is 71.3 Å². The van der Waals surface area contributed by atoms with Crippen LogP contribution >= 0.6 is 27.5 Å². The molecule has 1 amide bonds. The van der Waals surface area contributed by atoms with Gasteiger partial charge in [0.1, 0.15) is 5.82 Å². The first kappa shape index (κ1) is 28.1. The molecule has 1 atom stereocenters. The van der Waals surface area contributed by atoms with Crippen LogP contribution in [0.25, 0.3) is 10.2 Å². The van der Waals surface area contributed by atoms with Crippen molar-refractivity contribution >= 4 is 43.6 Å². The number of hydrogen-bond donors (Lipinski definition) is 0. The molecule has 0 unspecified atom stereocenters. The number of rotatable bonds is 10. The third-order valence-electron chi connectivity index (χ3n) is 6.57. The number of hydrogen-bond acceptors (Lipinski definition) is 6. The summed E-state index contributed by atoms with van der Waals surface area (Å²) in [6, 6.07) is 16.9. The zero-order valence-electron chi connectivity index (χ0n) is 22.5. The van der Waals surface area contributed by atoms with Crippen LogP contribution in [0.15, 0.2) is 63.9 Å². The highest BCUT2D eigenvalue weighted by atomic mass is 79.9. The molecule has 0 fully saturated rings. The summed E-state index contributed by atoms with van der Waals surface area (Å²) in [6.07, 6.45) is 0.795. The maximum absolute atomic E-state index is 14.0. The zero-order chi connectivity index (χ0) is 27.4. The van der Waals surface area contributed by atoms with Crippen molar-refractivity contribution in [3.8, 4) is 0 Å². The van der Waals surface area contributed by atoms with Gasteiger partial charge in [0.25, 0.3) is 11.5 Å². The Balaban J connectivity index is 1.89. The number of fused-ring (bicyclic) bond motifs is 1. The van der Waals surface area contributed by atoms with E-state index >= 15 is 0 Å². The minimum absolute atomic E-state index is 0.00847. The molecule has 2 aromatic carbocycles. The van der Waals surface area contributed by atoms with Gasteiger partial charge in [0.05, 0.1) is 23.7 Å². The molecule has 0 saturated heterocycles. The molecule has 0 radical (unpaired) electrons. The fourth-order valence-corrected chi connectivity index (χ4v) is 5.75. The Morgan fingerprint density at radius 1 is 1.05 bits per heavy atom. The van der Waals surface area contributed by atoms with Crippen molar-refractivity contribution in [2.24, 2.45) is 5.92 Å². The smallest absolute Gasteiger partial charge is 0.264 e. The van der Waals surface area contributed by atoms with Crippen LogP contribution in [0.4, 0.5) is 0 Å². The number of halogens is 1. The molecular weight excluding hydrogens is 562 g/mol. The lowest BCUT2D eigenvalue weighted by atomic mass is 9.99. The number of nitrogens with zero attached hydrogens (tertiary/aromatic N) is 5. The van der Waals surface area contributed by atoms with Crippen LogP contribution in [0.5, 0.6) is 0 Å². The Bertz CT molecular complexity index is 1450. The second kappa shape index (κ2) is 12.3. The molecule has 0 bridgehead atoms. The first-order valence-electron chi connectivity index (χ1n) is 12.8. The summed E-state index contributed by atoms with van der Waals surface area (Å²) in [4.78, 5) is 37.7. The predicted molar refractivity (Wildman–Crippen MR) is 158 cm³/mol. The highest BCUT2D eigenvalue weighted by molar-refractivity contribution is 9.10.